The molecule has 0 unspecified atom stereocenters. The molecule has 2 heterocycles. The van der Waals surface area contributed by atoms with Gasteiger partial charge in [-0.05, 0) is 24.9 Å². The van der Waals surface area contributed by atoms with Gasteiger partial charge in [-0.25, -0.2) is 0 Å². The Morgan fingerprint density at radius 3 is 2.71 bits per heavy atom. The van der Waals surface area contributed by atoms with Gasteiger partial charge in [0.2, 0.25) is 0 Å². The smallest absolute Gasteiger partial charge is 0.136 e. The van der Waals surface area contributed by atoms with Crippen molar-refractivity contribution in [2.45, 2.75) is 44.2 Å². The minimum Gasteiger partial charge on any atom is -0.300 e. The standard InChI is InChI=1S/C15H19NO/c17-14-10-13-8-4-5-9-16(13)15(11-14)12-6-2-1-3-7-12/h1-3,6-7,13,15H,4-5,8-11H2/t13-,15+/m1/s1. The van der Waals surface area contributed by atoms with Crippen LogP contribution in [0.1, 0.15) is 43.7 Å². The van der Waals surface area contributed by atoms with Crippen molar-refractivity contribution in [2.75, 3.05) is 6.54 Å². The second-order valence-corrected chi connectivity index (χ2v) is 5.26. The van der Waals surface area contributed by atoms with Crippen LogP contribution in [0.15, 0.2) is 30.3 Å². The van der Waals surface area contributed by atoms with Crippen LogP contribution in [0.3, 0.4) is 0 Å². The first-order valence-corrected chi connectivity index (χ1v) is 6.67. The summed E-state index contributed by atoms with van der Waals surface area (Å²) in [6.45, 7) is 1.16. The van der Waals surface area contributed by atoms with E-state index in [1.807, 2.05) is 6.07 Å². The van der Waals surface area contributed by atoms with Gasteiger partial charge >= 0.3 is 0 Å². The molecule has 0 bridgehead atoms. The number of nitrogens with zero attached hydrogens (tertiary/aromatic N) is 1. The molecule has 90 valence electrons. The minimum absolute atomic E-state index is 0.336. The van der Waals surface area contributed by atoms with Crippen LogP contribution in [0.5, 0.6) is 0 Å². The summed E-state index contributed by atoms with van der Waals surface area (Å²) >= 11 is 0. The van der Waals surface area contributed by atoms with Crippen LogP contribution < -0.4 is 0 Å². The number of rotatable bonds is 1. The highest BCUT2D eigenvalue weighted by atomic mass is 16.1. The lowest BCUT2D eigenvalue weighted by Gasteiger charge is -2.44. The maximum Gasteiger partial charge on any atom is 0.136 e. The first-order valence-electron chi connectivity index (χ1n) is 6.67. The average Bonchev–Trinajstić information content (AvgIpc) is 2.39. The fraction of sp³-hybridized carbons (Fsp3) is 0.533. The van der Waals surface area contributed by atoms with Gasteiger partial charge in [-0.1, -0.05) is 36.8 Å². The molecule has 1 aromatic rings. The van der Waals surface area contributed by atoms with Crippen LogP contribution in [0, 0.1) is 0 Å². The Hall–Kier alpha value is -1.15. The lowest BCUT2D eigenvalue weighted by atomic mass is 9.85. The van der Waals surface area contributed by atoms with E-state index in [9.17, 15) is 4.79 Å². The predicted octanol–water partition coefficient (Wildman–Crippen LogP) is 2.95. The van der Waals surface area contributed by atoms with E-state index in [0.29, 0.717) is 24.3 Å². The zero-order chi connectivity index (χ0) is 11.7. The Morgan fingerprint density at radius 1 is 1.06 bits per heavy atom. The van der Waals surface area contributed by atoms with Gasteiger partial charge in [-0.15, -0.1) is 0 Å². The largest absolute Gasteiger partial charge is 0.300 e. The third-order valence-electron chi connectivity index (χ3n) is 4.14. The molecule has 17 heavy (non-hydrogen) atoms. The van der Waals surface area contributed by atoms with Crippen molar-refractivity contribution in [3.8, 4) is 0 Å². The van der Waals surface area contributed by atoms with Crippen molar-refractivity contribution in [1.29, 1.82) is 0 Å². The highest BCUT2D eigenvalue weighted by Gasteiger charge is 2.36. The van der Waals surface area contributed by atoms with E-state index in [4.69, 9.17) is 0 Å². The number of hydrogen-bond acceptors (Lipinski definition) is 2. The number of hydrogen-bond donors (Lipinski definition) is 0. The molecular formula is C15H19NO. The SMILES string of the molecule is O=C1C[C@H]2CCCCN2[C@H](c2ccccc2)C1. The minimum atomic E-state index is 0.336. The monoisotopic (exact) mass is 229 g/mol. The topological polar surface area (TPSA) is 20.3 Å². The molecule has 2 saturated heterocycles. The Labute approximate surface area is 103 Å². The van der Waals surface area contributed by atoms with E-state index in [0.717, 1.165) is 13.0 Å². The number of carbonyl (C=O) groups is 1. The summed E-state index contributed by atoms with van der Waals surface area (Å²) < 4.78 is 0. The number of Topliss-reactive ketones (excluding diaryl/α,β-unsaturated/α-hetero) is 1. The zero-order valence-electron chi connectivity index (χ0n) is 10.1. The van der Waals surface area contributed by atoms with Crippen molar-refractivity contribution in [3.05, 3.63) is 35.9 Å². The first-order chi connectivity index (χ1) is 8.34. The third-order valence-corrected chi connectivity index (χ3v) is 4.14. The fourth-order valence-corrected chi connectivity index (χ4v) is 3.32. The number of carbonyl (C=O) groups excluding carboxylic acids is 1. The summed E-state index contributed by atoms with van der Waals surface area (Å²) in [7, 11) is 0. The second-order valence-electron chi connectivity index (χ2n) is 5.26. The van der Waals surface area contributed by atoms with Gasteiger partial charge in [0, 0.05) is 24.9 Å². The van der Waals surface area contributed by atoms with Gasteiger partial charge in [-0.3, -0.25) is 9.69 Å². The molecule has 0 aliphatic carbocycles. The van der Waals surface area contributed by atoms with Gasteiger partial charge in [-0.2, -0.15) is 0 Å². The summed E-state index contributed by atoms with van der Waals surface area (Å²) in [5, 5.41) is 0. The van der Waals surface area contributed by atoms with Crippen LogP contribution in [-0.4, -0.2) is 23.3 Å². The van der Waals surface area contributed by atoms with Gasteiger partial charge in [0.1, 0.15) is 5.78 Å². The molecule has 0 radical (unpaired) electrons. The highest BCUT2D eigenvalue weighted by molar-refractivity contribution is 5.80. The third kappa shape index (κ3) is 2.14. The van der Waals surface area contributed by atoms with E-state index in [1.54, 1.807) is 0 Å². The van der Waals surface area contributed by atoms with Gasteiger partial charge < -0.3 is 0 Å². The Bertz CT molecular complexity index is 401. The lowest BCUT2D eigenvalue weighted by molar-refractivity contribution is -0.126. The van der Waals surface area contributed by atoms with Gasteiger partial charge in [0.05, 0.1) is 0 Å². The van der Waals surface area contributed by atoms with Crippen molar-refractivity contribution in [2.24, 2.45) is 0 Å². The maximum atomic E-state index is 11.9. The predicted molar refractivity (Wildman–Crippen MR) is 67.8 cm³/mol. The normalized spacial score (nSPS) is 30.0. The van der Waals surface area contributed by atoms with Gasteiger partial charge in [0.15, 0.2) is 0 Å². The van der Waals surface area contributed by atoms with Crippen LogP contribution >= 0.6 is 0 Å². The van der Waals surface area contributed by atoms with Gasteiger partial charge in [0.25, 0.3) is 0 Å². The van der Waals surface area contributed by atoms with Crippen LogP contribution in [0.4, 0.5) is 0 Å². The van der Waals surface area contributed by atoms with E-state index in [2.05, 4.69) is 29.2 Å². The van der Waals surface area contributed by atoms with Crippen molar-refractivity contribution in [3.63, 3.8) is 0 Å². The quantitative estimate of drug-likeness (QED) is 0.738. The van der Waals surface area contributed by atoms with Crippen molar-refractivity contribution >= 4 is 5.78 Å². The molecule has 2 fully saturated rings. The number of piperidine rings is 2. The average molecular weight is 229 g/mol. The number of ketones is 1. The maximum absolute atomic E-state index is 11.9. The molecule has 0 amide bonds. The molecule has 0 spiro atoms. The summed E-state index contributed by atoms with van der Waals surface area (Å²) in [6.07, 6.45) is 5.27. The molecule has 0 saturated carbocycles. The van der Waals surface area contributed by atoms with Crippen molar-refractivity contribution in [1.82, 2.24) is 4.90 Å². The van der Waals surface area contributed by atoms with Crippen LogP contribution in [-0.2, 0) is 4.79 Å². The summed E-state index contributed by atoms with van der Waals surface area (Å²) in [4.78, 5) is 14.4. The lowest BCUT2D eigenvalue weighted by Crippen LogP contribution is -2.47. The van der Waals surface area contributed by atoms with Crippen LogP contribution in [0.25, 0.3) is 0 Å². The molecule has 2 atom stereocenters. The first kappa shape index (κ1) is 11.0. The molecule has 1 aromatic carbocycles. The molecule has 2 nitrogen and oxygen atoms in total. The van der Waals surface area contributed by atoms with E-state index >= 15 is 0 Å². The molecule has 0 N–H and O–H groups in total. The van der Waals surface area contributed by atoms with Crippen molar-refractivity contribution < 1.29 is 4.79 Å². The zero-order valence-corrected chi connectivity index (χ0v) is 10.1. The molecule has 2 aliphatic rings. The summed E-state index contributed by atoms with van der Waals surface area (Å²) in [6, 6.07) is 11.4. The summed E-state index contributed by atoms with van der Waals surface area (Å²) in [5.41, 5.74) is 1.31. The number of benzene rings is 1. The number of fused-ring (bicyclic) bond motifs is 1. The Kier molecular flexibility index (Phi) is 2.98. The highest BCUT2D eigenvalue weighted by Crippen LogP contribution is 2.36. The molecule has 2 heteroatoms. The van der Waals surface area contributed by atoms with E-state index in [1.165, 1.54) is 24.8 Å². The summed E-state index contributed by atoms with van der Waals surface area (Å²) in [5.74, 6) is 0.446. The fourth-order valence-electron chi connectivity index (χ4n) is 3.32. The van der Waals surface area contributed by atoms with E-state index in [-0.39, 0.29) is 0 Å². The Balaban J connectivity index is 1.88. The molecule has 0 aromatic heterocycles. The second kappa shape index (κ2) is 4.61. The van der Waals surface area contributed by atoms with Crippen LogP contribution in [0.2, 0.25) is 0 Å². The molecule has 2 aliphatic heterocycles. The Morgan fingerprint density at radius 2 is 1.88 bits per heavy atom. The molecule has 3 rings (SSSR count). The molecular weight excluding hydrogens is 210 g/mol. The van der Waals surface area contributed by atoms with E-state index < -0.39 is 0 Å².